The van der Waals surface area contributed by atoms with Crippen molar-refractivity contribution in [1.82, 2.24) is 4.98 Å². The Morgan fingerprint density at radius 3 is 2.43 bits per heavy atom. The van der Waals surface area contributed by atoms with Gasteiger partial charge in [-0.25, -0.2) is 0 Å². The molecule has 2 nitrogen and oxygen atoms in total. The van der Waals surface area contributed by atoms with E-state index in [1.165, 1.54) is 0 Å². The number of aromatic nitrogens is 1. The van der Waals surface area contributed by atoms with Crippen molar-refractivity contribution in [2.45, 2.75) is 20.8 Å². The van der Waals surface area contributed by atoms with Gasteiger partial charge in [0.05, 0.1) is 7.11 Å². The van der Waals surface area contributed by atoms with Crippen molar-refractivity contribution in [3.05, 3.63) is 29.6 Å². The number of nitrogens with zero attached hydrogens (tertiary/aromatic N) is 1. The van der Waals surface area contributed by atoms with E-state index in [0.29, 0.717) is 5.75 Å². The van der Waals surface area contributed by atoms with Crippen molar-refractivity contribution in [2.75, 3.05) is 7.11 Å². The summed E-state index contributed by atoms with van der Waals surface area (Å²) < 4.78 is 5.16. The fraction of sp³-hybridized carbons (Fsp3) is 0.364. The maximum absolute atomic E-state index is 5.16. The van der Waals surface area contributed by atoms with E-state index in [9.17, 15) is 0 Å². The van der Waals surface area contributed by atoms with Crippen LogP contribution in [0.2, 0.25) is 0 Å². The zero-order chi connectivity index (χ0) is 10.0. The SMILES string of the molecule is C=C(C)c1nc(C)c(C)[c-]c1OC.[Y]. The van der Waals surface area contributed by atoms with Crippen LogP contribution in [0.1, 0.15) is 23.9 Å². The van der Waals surface area contributed by atoms with Gasteiger partial charge in [-0.3, -0.25) is 0 Å². The van der Waals surface area contributed by atoms with Gasteiger partial charge in [-0.1, -0.05) is 25.1 Å². The first-order valence-corrected chi connectivity index (χ1v) is 4.16. The minimum absolute atomic E-state index is 0. The molecule has 3 heteroatoms. The second-order valence-corrected chi connectivity index (χ2v) is 3.11. The minimum Gasteiger partial charge on any atom is -0.520 e. The number of ether oxygens (including phenoxy) is 1. The molecular formula is C11H14NOY-. The van der Waals surface area contributed by atoms with E-state index in [1.807, 2.05) is 20.8 Å². The third-order valence-electron chi connectivity index (χ3n) is 1.95. The maximum atomic E-state index is 5.16. The molecule has 0 N–H and O–H groups in total. The number of hydrogen-bond acceptors (Lipinski definition) is 2. The van der Waals surface area contributed by atoms with E-state index in [1.54, 1.807) is 7.11 Å². The number of hydrogen-bond donors (Lipinski definition) is 0. The van der Waals surface area contributed by atoms with Crippen LogP contribution < -0.4 is 4.74 Å². The number of rotatable bonds is 2. The summed E-state index contributed by atoms with van der Waals surface area (Å²) in [5.74, 6) is 0.676. The summed E-state index contributed by atoms with van der Waals surface area (Å²) in [6.45, 7) is 9.67. The predicted octanol–water partition coefficient (Wildman–Crippen LogP) is 2.54. The average Bonchev–Trinajstić information content (AvgIpc) is 2.08. The van der Waals surface area contributed by atoms with Crippen LogP contribution in [-0.4, -0.2) is 12.1 Å². The van der Waals surface area contributed by atoms with E-state index in [4.69, 9.17) is 4.74 Å². The van der Waals surface area contributed by atoms with Crippen LogP contribution in [0.5, 0.6) is 5.75 Å². The number of allylic oxidation sites excluding steroid dienone is 1. The van der Waals surface area contributed by atoms with Crippen LogP contribution in [0.25, 0.3) is 5.57 Å². The summed E-state index contributed by atoms with van der Waals surface area (Å²) in [6, 6.07) is 3.13. The second kappa shape index (κ2) is 5.62. The molecule has 0 aliphatic rings. The summed E-state index contributed by atoms with van der Waals surface area (Å²) in [6.07, 6.45) is 0. The van der Waals surface area contributed by atoms with Gasteiger partial charge in [0.2, 0.25) is 0 Å². The molecule has 0 aliphatic heterocycles. The van der Waals surface area contributed by atoms with E-state index < -0.39 is 0 Å². The molecular weight excluding hydrogens is 251 g/mol. The molecule has 0 saturated carbocycles. The van der Waals surface area contributed by atoms with Crippen molar-refractivity contribution in [3.8, 4) is 5.75 Å². The van der Waals surface area contributed by atoms with E-state index >= 15 is 0 Å². The molecule has 0 fully saturated rings. The first-order valence-electron chi connectivity index (χ1n) is 4.16. The van der Waals surface area contributed by atoms with Crippen LogP contribution in [-0.2, 0) is 32.7 Å². The Balaban J connectivity index is 0.00000169. The van der Waals surface area contributed by atoms with Crippen LogP contribution >= 0.6 is 0 Å². The van der Waals surface area contributed by atoms with E-state index in [0.717, 1.165) is 22.5 Å². The number of methoxy groups -OCH3 is 1. The third-order valence-corrected chi connectivity index (χ3v) is 1.95. The fourth-order valence-corrected chi connectivity index (χ4v) is 1.06. The summed E-state index contributed by atoms with van der Waals surface area (Å²) >= 11 is 0. The molecule has 73 valence electrons. The molecule has 0 unspecified atom stereocenters. The monoisotopic (exact) mass is 265 g/mol. The molecule has 1 radical (unpaired) electrons. The van der Waals surface area contributed by atoms with Gasteiger partial charge < -0.3 is 9.72 Å². The molecule has 0 bridgehead atoms. The zero-order valence-electron chi connectivity index (χ0n) is 9.14. The molecule has 0 spiro atoms. The zero-order valence-corrected chi connectivity index (χ0v) is 12.0. The fourth-order valence-electron chi connectivity index (χ4n) is 1.06. The molecule has 1 rings (SSSR count). The van der Waals surface area contributed by atoms with Gasteiger partial charge in [-0.05, 0) is 12.6 Å². The number of aryl methyl sites for hydroxylation is 2. The molecule has 0 aliphatic carbocycles. The molecule has 0 atom stereocenters. The van der Waals surface area contributed by atoms with Crippen LogP contribution in [0.3, 0.4) is 0 Å². The largest absolute Gasteiger partial charge is 0.520 e. The van der Waals surface area contributed by atoms with Crippen molar-refractivity contribution in [2.24, 2.45) is 0 Å². The molecule has 1 aromatic heterocycles. The predicted molar refractivity (Wildman–Crippen MR) is 53.8 cm³/mol. The second-order valence-electron chi connectivity index (χ2n) is 3.11. The minimum atomic E-state index is 0. The molecule has 0 aromatic carbocycles. The van der Waals surface area contributed by atoms with Gasteiger partial charge in [0.25, 0.3) is 0 Å². The Bertz CT molecular complexity index is 347. The standard InChI is InChI=1S/C11H14NO.Y/c1-7(2)11-10(13-5)6-8(3)9(4)12-11;/h1H2,2-5H3;/q-1;. The Morgan fingerprint density at radius 2 is 2.00 bits per heavy atom. The van der Waals surface area contributed by atoms with Crippen LogP contribution in [0.15, 0.2) is 6.58 Å². The number of pyridine rings is 1. The molecule has 1 aromatic rings. The van der Waals surface area contributed by atoms with Gasteiger partial charge in [-0.2, -0.15) is 0 Å². The maximum Gasteiger partial charge on any atom is 0.0744 e. The van der Waals surface area contributed by atoms with Crippen molar-refractivity contribution < 1.29 is 37.4 Å². The van der Waals surface area contributed by atoms with Gasteiger partial charge in [0, 0.05) is 38.5 Å². The van der Waals surface area contributed by atoms with Gasteiger partial charge in [0.15, 0.2) is 0 Å². The van der Waals surface area contributed by atoms with Gasteiger partial charge >= 0.3 is 0 Å². The third kappa shape index (κ3) is 2.89. The molecule has 1 heterocycles. The Labute approximate surface area is 111 Å². The molecule has 14 heavy (non-hydrogen) atoms. The molecule has 0 saturated heterocycles. The Morgan fingerprint density at radius 1 is 1.43 bits per heavy atom. The first kappa shape index (κ1) is 13.8. The van der Waals surface area contributed by atoms with Crippen molar-refractivity contribution in [1.29, 1.82) is 0 Å². The molecule has 0 amide bonds. The van der Waals surface area contributed by atoms with E-state index in [2.05, 4.69) is 17.6 Å². The average molecular weight is 265 g/mol. The smallest absolute Gasteiger partial charge is 0.0744 e. The Kier molecular flexibility index (Phi) is 5.54. The summed E-state index contributed by atoms with van der Waals surface area (Å²) in [5, 5.41) is 0. The van der Waals surface area contributed by atoms with Gasteiger partial charge in [0.1, 0.15) is 0 Å². The quantitative estimate of drug-likeness (QED) is 0.767. The van der Waals surface area contributed by atoms with Crippen molar-refractivity contribution in [3.63, 3.8) is 0 Å². The topological polar surface area (TPSA) is 22.1 Å². The summed E-state index contributed by atoms with van der Waals surface area (Å²) in [5.41, 5.74) is 3.68. The van der Waals surface area contributed by atoms with Crippen molar-refractivity contribution >= 4 is 5.57 Å². The Hall–Kier alpha value is -0.206. The van der Waals surface area contributed by atoms with E-state index in [-0.39, 0.29) is 32.7 Å². The first-order chi connectivity index (χ1) is 6.06. The normalized spacial score (nSPS) is 9.14. The van der Waals surface area contributed by atoms with Crippen LogP contribution in [0, 0.1) is 19.9 Å². The van der Waals surface area contributed by atoms with Crippen LogP contribution in [0.4, 0.5) is 0 Å². The van der Waals surface area contributed by atoms with Gasteiger partial charge in [-0.15, -0.1) is 18.2 Å². The summed E-state index contributed by atoms with van der Waals surface area (Å²) in [7, 11) is 1.62. The summed E-state index contributed by atoms with van der Waals surface area (Å²) in [4.78, 5) is 4.39.